The van der Waals surface area contributed by atoms with Gasteiger partial charge in [-0.2, -0.15) is 4.31 Å². The number of ether oxygens (including phenoxy) is 2. The van der Waals surface area contributed by atoms with Gasteiger partial charge in [-0.05, 0) is 59.9 Å². The molecular weight excluding hydrogens is 584 g/mol. The van der Waals surface area contributed by atoms with Crippen LogP contribution in [0.4, 0.5) is 0 Å². The van der Waals surface area contributed by atoms with Crippen LogP contribution in [-0.2, 0) is 27.7 Å². The Kier molecular flexibility index (Phi) is 10.8. The van der Waals surface area contributed by atoms with Crippen LogP contribution >= 0.6 is 0 Å². The molecule has 0 radical (unpaired) electrons. The molecule has 1 aromatic heterocycles. The molecule has 1 amide bonds. The Bertz CT molecular complexity index is 1720. The van der Waals surface area contributed by atoms with E-state index in [2.05, 4.69) is 5.32 Å². The third-order valence-corrected chi connectivity index (χ3v) is 9.00. The standard InChI is InChI=1S/C33H38N2O8S/c1-22(2)20-35(44(39,40)27-13-10-25(41-3)11-14-27)21-30(36)29(16-23-8-6-5-7-9-23)34-32(37)17-24-18-33(38)43-31-19-26(42-4)12-15-28(24)31/h5-15,18-19,22,29-30,36H,16-17,20-21H2,1-4H3,(H,34,37)/t29-,30+/m0/s1. The van der Waals surface area contributed by atoms with E-state index in [1.165, 1.54) is 36.7 Å². The van der Waals surface area contributed by atoms with Crippen molar-refractivity contribution in [2.45, 2.75) is 43.7 Å². The summed E-state index contributed by atoms with van der Waals surface area (Å²) in [7, 11) is -0.987. The van der Waals surface area contributed by atoms with Gasteiger partial charge in [0.25, 0.3) is 0 Å². The number of aliphatic hydroxyl groups excluding tert-OH is 1. The molecule has 4 aromatic rings. The molecule has 11 heteroatoms. The van der Waals surface area contributed by atoms with Gasteiger partial charge >= 0.3 is 5.63 Å². The predicted molar refractivity (Wildman–Crippen MR) is 167 cm³/mol. The summed E-state index contributed by atoms with van der Waals surface area (Å²) in [6.45, 7) is 3.69. The third-order valence-electron chi connectivity index (χ3n) is 7.15. The summed E-state index contributed by atoms with van der Waals surface area (Å²) in [4.78, 5) is 25.7. The fourth-order valence-corrected chi connectivity index (χ4v) is 6.60. The molecule has 234 valence electrons. The Labute approximate surface area is 257 Å². The molecule has 0 unspecified atom stereocenters. The molecule has 4 rings (SSSR count). The molecule has 0 aliphatic heterocycles. The number of amides is 1. The highest BCUT2D eigenvalue weighted by Crippen LogP contribution is 2.24. The van der Waals surface area contributed by atoms with Gasteiger partial charge in [-0.15, -0.1) is 0 Å². The zero-order chi connectivity index (χ0) is 31.9. The summed E-state index contributed by atoms with van der Waals surface area (Å²) in [6.07, 6.45) is -1.17. The molecular formula is C33H38N2O8S. The van der Waals surface area contributed by atoms with Crippen LogP contribution in [0.5, 0.6) is 11.5 Å². The number of fused-ring (bicyclic) bond motifs is 1. The number of rotatable bonds is 14. The highest BCUT2D eigenvalue weighted by molar-refractivity contribution is 7.89. The maximum Gasteiger partial charge on any atom is 0.336 e. The average molecular weight is 623 g/mol. The normalized spacial score (nSPS) is 13.2. The van der Waals surface area contributed by atoms with Gasteiger partial charge in [0.05, 0.1) is 37.7 Å². The largest absolute Gasteiger partial charge is 0.497 e. The Hall–Kier alpha value is -4.19. The maximum absolute atomic E-state index is 13.7. The minimum Gasteiger partial charge on any atom is -0.497 e. The monoisotopic (exact) mass is 622 g/mol. The quantitative estimate of drug-likeness (QED) is 0.203. The summed E-state index contributed by atoms with van der Waals surface area (Å²) in [5, 5.41) is 15.0. The molecule has 3 aromatic carbocycles. The molecule has 0 aliphatic rings. The number of carbonyl (C=O) groups excluding carboxylic acids is 1. The summed E-state index contributed by atoms with van der Waals surface area (Å²) < 4.78 is 44.3. The molecule has 0 bridgehead atoms. The lowest BCUT2D eigenvalue weighted by Crippen LogP contribution is -2.51. The second kappa shape index (κ2) is 14.5. The van der Waals surface area contributed by atoms with Gasteiger partial charge in [0.15, 0.2) is 0 Å². The summed E-state index contributed by atoms with van der Waals surface area (Å²) >= 11 is 0. The van der Waals surface area contributed by atoms with E-state index in [1.807, 2.05) is 44.2 Å². The first-order valence-corrected chi connectivity index (χ1v) is 15.7. The van der Waals surface area contributed by atoms with Crippen LogP contribution in [0.1, 0.15) is 25.0 Å². The molecule has 0 aliphatic carbocycles. The predicted octanol–water partition coefficient (Wildman–Crippen LogP) is 3.79. The fourth-order valence-electron chi connectivity index (χ4n) is 4.98. The van der Waals surface area contributed by atoms with Crippen LogP contribution < -0.4 is 20.4 Å². The Morgan fingerprint density at radius 3 is 2.23 bits per heavy atom. The zero-order valence-electron chi connectivity index (χ0n) is 25.2. The highest BCUT2D eigenvalue weighted by atomic mass is 32.2. The van der Waals surface area contributed by atoms with Gasteiger partial charge in [-0.3, -0.25) is 4.79 Å². The van der Waals surface area contributed by atoms with Crippen molar-refractivity contribution in [3.63, 3.8) is 0 Å². The topological polar surface area (TPSA) is 135 Å². The van der Waals surface area contributed by atoms with Crippen LogP contribution in [0, 0.1) is 5.92 Å². The van der Waals surface area contributed by atoms with Crippen LogP contribution in [0.25, 0.3) is 11.0 Å². The van der Waals surface area contributed by atoms with Crippen molar-refractivity contribution in [2.75, 3.05) is 27.3 Å². The minimum absolute atomic E-state index is 0.0333. The first-order chi connectivity index (χ1) is 21.0. The lowest BCUT2D eigenvalue weighted by atomic mass is 10.00. The zero-order valence-corrected chi connectivity index (χ0v) is 26.0. The number of hydrogen-bond acceptors (Lipinski definition) is 8. The van der Waals surface area contributed by atoms with Gasteiger partial charge in [0.2, 0.25) is 15.9 Å². The number of nitrogens with zero attached hydrogens (tertiary/aromatic N) is 1. The van der Waals surface area contributed by atoms with Gasteiger partial charge in [-0.1, -0.05) is 44.2 Å². The smallest absolute Gasteiger partial charge is 0.336 e. The van der Waals surface area contributed by atoms with Crippen molar-refractivity contribution < 1.29 is 32.2 Å². The molecule has 44 heavy (non-hydrogen) atoms. The van der Waals surface area contributed by atoms with E-state index in [0.717, 1.165) is 5.56 Å². The van der Waals surface area contributed by atoms with Crippen molar-refractivity contribution in [1.82, 2.24) is 9.62 Å². The van der Waals surface area contributed by atoms with E-state index >= 15 is 0 Å². The Morgan fingerprint density at radius 1 is 0.932 bits per heavy atom. The fraction of sp³-hybridized carbons (Fsp3) is 0.333. The SMILES string of the molecule is COc1ccc(S(=O)(=O)N(CC(C)C)C[C@@H](O)[C@H](Cc2ccccc2)NC(=O)Cc2cc(=O)oc3cc(OC)ccc23)cc1. The second-order valence-corrected chi connectivity index (χ2v) is 12.9. The maximum atomic E-state index is 13.7. The average Bonchev–Trinajstić information content (AvgIpc) is 3.00. The minimum atomic E-state index is -3.98. The molecule has 2 atom stereocenters. The second-order valence-electron chi connectivity index (χ2n) is 11.0. The van der Waals surface area contributed by atoms with Crippen molar-refractivity contribution in [3.8, 4) is 11.5 Å². The summed E-state index contributed by atoms with van der Waals surface area (Å²) in [5.41, 5.74) is 0.979. The summed E-state index contributed by atoms with van der Waals surface area (Å²) in [6, 6.07) is 20.8. The van der Waals surface area contributed by atoms with Crippen LogP contribution in [0.3, 0.4) is 0 Å². The molecule has 0 fully saturated rings. The van der Waals surface area contributed by atoms with Crippen LogP contribution in [0.15, 0.2) is 93.0 Å². The number of carbonyl (C=O) groups is 1. The van der Waals surface area contributed by atoms with E-state index in [0.29, 0.717) is 22.4 Å². The van der Waals surface area contributed by atoms with E-state index in [9.17, 15) is 23.1 Å². The Balaban J connectivity index is 1.60. The van der Waals surface area contributed by atoms with Gasteiger partial charge in [-0.25, -0.2) is 13.2 Å². The number of nitrogens with one attached hydrogen (secondary N) is 1. The molecule has 1 heterocycles. The number of sulfonamides is 1. The molecule has 0 spiro atoms. The molecule has 0 saturated carbocycles. The number of benzene rings is 3. The van der Waals surface area contributed by atoms with E-state index in [1.54, 1.807) is 30.3 Å². The first kappa shape index (κ1) is 32.7. The van der Waals surface area contributed by atoms with E-state index < -0.39 is 33.7 Å². The van der Waals surface area contributed by atoms with Gasteiger partial charge < -0.3 is 24.3 Å². The number of methoxy groups -OCH3 is 2. The highest BCUT2D eigenvalue weighted by Gasteiger charge is 2.31. The first-order valence-electron chi connectivity index (χ1n) is 14.3. The van der Waals surface area contributed by atoms with Crippen molar-refractivity contribution in [1.29, 1.82) is 0 Å². The lowest BCUT2D eigenvalue weighted by Gasteiger charge is -2.31. The molecule has 0 saturated heterocycles. The van der Waals surface area contributed by atoms with Crippen LogP contribution in [0.2, 0.25) is 0 Å². The number of hydrogen-bond donors (Lipinski definition) is 2. The number of aliphatic hydroxyl groups is 1. The van der Waals surface area contributed by atoms with Crippen molar-refractivity contribution in [3.05, 3.63) is 100 Å². The van der Waals surface area contributed by atoms with Crippen LogP contribution in [-0.4, -0.2) is 63.2 Å². The van der Waals surface area contributed by atoms with Gasteiger partial charge in [0.1, 0.15) is 17.1 Å². The van der Waals surface area contributed by atoms with Gasteiger partial charge in [0, 0.05) is 30.6 Å². The van der Waals surface area contributed by atoms with E-state index in [4.69, 9.17) is 13.9 Å². The van der Waals surface area contributed by atoms with Crippen molar-refractivity contribution >= 4 is 26.9 Å². The Morgan fingerprint density at radius 2 is 1.59 bits per heavy atom. The van der Waals surface area contributed by atoms with Crippen molar-refractivity contribution in [2.24, 2.45) is 5.92 Å². The summed E-state index contributed by atoms with van der Waals surface area (Å²) in [5.74, 6) is 0.548. The third kappa shape index (κ3) is 8.25. The molecule has 10 nitrogen and oxygen atoms in total. The lowest BCUT2D eigenvalue weighted by molar-refractivity contribution is -0.122. The van der Waals surface area contributed by atoms with E-state index in [-0.39, 0.29) is 42.3 Å². The molecule has 2 N–H and O–H groups in total.